The lowest BCUT2D eigenvalue weighted by atomic mass is 10.5. The summed E-state index contributed by atoms with van der Waals surface area (Å²) in [6.07, 6.45) is -0.0315. The summed E-state index contributed by atoms with van der Waals surface area (Å²) >= 11 is 0. The van der Waals surface area contributed by atoms with Crippen LogP contribution in [0.25, 0.3) is 11.2 Å². The van der Waals surface area contributed by atoms with Crippen LogP contribution in [0.3, 0.4) is 0 Å². The molecule has 0 spiro atoms. The molecule has 80 valence electrons. The molecule has 2 heterocycles. The number of imidazole rings is 1. The number of aryl methyl sites for hydroxylation is 2. The summed E-state index contributed by atoms with van der Waals surface area (Å²) in [5, 5.41) is 0. The summed E-state index contributed by atoms with van der Waals surface area (Å²) in [5.41, 5.74) is -0.256. The Kier molecular flexibility index (Phi) is 1.74. The number of rotatable bonds is 1. The second-order valence-corrected chi connectivity index (χ2v) is 3.33. The van der Waals surface area contributed by atoms with Crippen LogP contribution in [0.15, 0.2) is 15.9 Å². The smallest absolute Gasteiger partial charge is 0.328 e. The van der Waals surface area contributed by atoms with Crippen LogP contribution >= 0.6 is 0 Å². The van der Waals surface area contributed by atoms with Crippen molar-refractivity contribution < 1.29 is 1.37 Å². The first-order valence-corrected chi connectivity index (χ1v) is 4.61. The Hall–Kier alpha value is -1.85. The molecule has 2 rings (SSSR count). The van der Waals surface area contributed by atoms with Gasteiger partial charge in [0.2, 0.25) is 0 Å². The van der Waals surface area contributed by atoms with Gasteiger partial charge in [-0.3, -0.25) is 13.9 Å². The number of hydrogen-bond acceptors (Lipinski definition) is 3. The maximum Gasteiger partial charge on any atom is 0.332 e. The number of hydrogen-bond donors (Lipinski definition) is 0. The monoisotopic (exact) mass is 209 g/mol. The van der Waals surface area contributed by atoms with Gasteiger partial charge in [-0.05, 0) is 6.92 Å². The van der Waals surface area contributed by atoms with E-state index in [1.807, 2.05) is 0 Å². The highest BCUT2D eigenvalue weighted by atomic mass is 16.2. The van der Waals surface area contributed by atoms with Crippen molar-refractivity contribution in [3.8, 4) is 0 Å². The molecule has 0 aromatic carbocycles. The van der Waals surface area contributed by atoms with Crippen molar-refractivity contribution in [3.05, 3.63) is 27.1 Å². The van der Waals surface area contributed by atoms with E-state index in [2.05, 4.69) is 4.98 Å². The standard InChI is InChI=1S/C9H12N4O2/c1-4-13-8(14)6-7(10-5-11(6)2)12(3)9(13)15/h5H,4H2,1-3H3/i5D. The van der Waals surface area contributed by atoms with Crippen molar-refractivity contribution in [3.63, 3.8) is 0 Å². The van der Waals surface area contributed by atoms with E-state index in [1.165, 1.54) is 9.13 Å². The van der Waals surface area contributed by atoms with Gasteiger partial charge >= 0.3 is 5.69 Å². The Morgan fingerprint density at radius 1 is 1.47 bits per heavy atom. The lowest BCUT2D eigenvalue weighted by Crippen LogP contribution is -2.39. The van der Waals surface area contributed by atoms with E-state index >= 15 is 0 Å². The van der Waals surface area contributed by atoms with Crippen molar-refractivity contribution in [2.75, 3.05) is 0 Å². The predicted molar refractivity (Wildman–Crippen MR) is 55.9 cm³/mol. The first-order valence-electron chi connectivity index (χ1n) is 5.11. The van der Waals surface area contributed by atoms with Crippen LogP contribution in [0.2, 0.25) is 0 Å². The van der Waals surface area contributed by atoms with Crippen molar-refractivity contribution in [2.24, 2.45) is 14.1 Å². The van der Waals surface area contributed by atoms with Gasteiger partial charge in [0.25, 0.3) is 5.56 Å². The molecule has 0 fully saturated rings. The minimum Gasteiger partial charge on any atom is -0.328 e. The van der Waals surface area contributed by atoms with Gasteiger partial charge in [-0.2, -0.15) is 0 Å². The Morgan fingerprint density at radius 3 is 2.73 bits per heavy atom. The fraction of sp³-hybridized carbons (Fsp3) is 0.444. The molecule has 0 unspecified atom stereocenters. The fourth-order valence-corrected chi connectivity index (χ4v) is 1.61. The van der Waals surface area contributed by atoms with Gasteiger partial charge in [0.05, 0.1) is 6.30 Å². The summed E-state index contributed by atoms with van der Waals surface area (Å²) in [6.45, 7) is 2.03. The molecule has 0 N–H and O–H groups in total. The quantitative estimate of drug-likeness (QED) is 0.633. The molecular weight excluding hydrogens is 196 g/mol. The largest absolute Gasteiger partial charge is 0.332 e. The average Bonchev–Trinajstić information content (AvgIpc) is 2.54. The van der Waals surface area contributed by atoms with Gasteiger partial charge in [-0.15, -0.1) is 0 Å². The molecule has 0 bridgehead atoms. The van der Waals surface area contributed by atoms with Crippen LogP contribution in [-0.2, 0) is 20.6 Å². The van der Waals surface area contributed by atoms with Crippen LogP contribution in [0, 0.1) is 0 Å². The van der Waals surface area contributed by atoms with Gasteiger partial charge in [0, 0.05) is 20.6 Å². The lowest BCUT2D eigenvalue weighted by molar-refractivity contribution is 0.635. The molecule has 0 saturated heterocycles. The van der Waals surface area contributed by atoms with Crippen LogP contribution in [-0.4, -0.2) is 18.7 Å². The van der Waals surface area contributed by atoms with Gasteiger partial charge in [-0.1, -0.05) is 0 Å². The summed E-state index contributed by atoms with van der Waals surface area (Å²) in [4.78, 5) is 27.6. The summed E-state index contributed by atoms with van der Waals surface area (Å²) < 4.78 is 11.3. The third-order valence-electron chi connectivity index (χ3n) is 2.45. The zero-order valence-corrected chi connectivity index (χ0v) is 8.81. The molecule has 0 aliphatic heterocycles. The third-order valence-corrected chi connectivity index (χ3v) is 2.45. The van der Waals surface area contributed by atoms with Crippen molar-refractivity contribution in [1.29, 1.82) is 0 Å². The molecular formula is C9H12N4O2. The van der Waals surface area contributed by atoms with E-state index in [9.17, 15) is 9.59 Å². The summed E-state index contributed by atoms with van der Waals surface area (Å²) in [6, 6.07) is 0. The maximum atomic E-state index is 12.0. The summed E-state index contributed by atoms with van der Waals surface area (Å²) in [5.74, 6) is 0. The van der Waals surface area contributed by atoms with Crippen molar-refractivity contribution >= 4 is 11.2 Å². The van der Waals surface area contributed by atoms with Crippen molar-refractivity contribution in [1.82, 2.24) is 18.7 Å². The minimum absolute atomic E-state index is 0.0315. The zero-order valence-electron chi connectivity index (χ0n) is 9.81. The van der Waals surface area contributed by atoms with E-state index in [-0.39, 0.29) is 17.5 Å². The van der Waals surface area contributed by atoms with Crippen LogP contribution in [0.1, 0.15) is 8.29 Å². The molecule has 0 amide bonds. The van der Waals surface area contributed by atoms with E-state index in [0.29, 0.717) is 6.54 Å². The first-order chi connectivity index (χ1) is 7.49. The van der Waals surface area contributed by atoms with Crippen LogP contribution < -0.4 is 11.2 Å². The number of aromatic nitrogens is 4. The van der Waals surface area contributed by atoms with Gasteiger partial charge in [-0.25, -0.2) is 9.78 Å². The Balaban J connectivity index is 3.15. The molecule has 6 nitrogen and oxygen atoms in total. The molecule has 0 radical (unpaired) electrons. The van der Waals surface area contributed by atoms with Crippen molar-refractivity contribution in [2.45, 2.75) is 13.5 Å². The highest BCUT2D eigenvalue weighted by molar-refractivity contribution is 5.69. The van der Waals surface area contributed by atoms with Gasteiger partial charge in [0.15, 0.2) is 11.2 Å². The summed E-state index contributed by atoms with van der Waals surface area (Å²) in [7, 11) is 3.13. The lowest BCUT2D eigenvalue weighted by Gasteiger charge is -2.05. The first kappa shape index (κ1) is 8.46. The topological polar surface area (TPSA) is 61.8 Å². The second kappa shape index (κ2) is 3.08. The zero-order chi connectivity index (χ0) is 12.0. The van der Waals surface area contributed by atoms with E-state index in [0.717, 1.165) is 4.57 Å². The van der Waals surface area contributed by atoms with E-state index in [1.54, 1.807) is 21.0 Å². The van der Waals surface area contributed by atoms with E-state index < -0.39 is 11.2 Å². The molecule has 2 aromatic rings. The van der Waals surface area contributed by atoms with Crippen LogP contribution in [0.5, 0.6) is 0 Å². The highest BCUT2D eigenvalue weighted by Gasteiger charge is 2.12. The molecule has 0 aliphatic carbocycles. The highest BCUT2D eigenvalue weighted by Crippen LogP contribution is 2.02. The number of nitrogens with zero attached hydrogens (tertiary/aromatic N) is 4. The third kappa shape index (κ3) is 1.14. The number of fused-ring (bicyclic) bond motifs is 1. The fourth-order valence-electron chi connectivity index (χ4n) is 1.61. The van der Waals surface area contributed by atoms with E-state index in [4.69, 9.17) is 1.37 Å². The minimum atomic E-state index is -0.405. The molecule has 15 heavy (non-hydrogen) atoms. The molecule has 0 aliphatic rings. The molecule has 2 aromatic heterocycles. The Bertz CT molecular complexity index is 679. The second-order valence-electron chi connectivity index (χ2n) is 3.33. The molecule has 0 saturated carbocycles. The van der Waals surface area contributed by atoms with Crippen LogP contribution in [0.4, 0.5) is 0 Å². The maximum absolute atomic E-state index is 12.0. The Labute approximate surface area is 86.8 Å². The SMILES string of the molecule is [2H]c1nc2c(c(=O)n(CC)c(=O)n2C)n1C. The van der Waals surface area contributed by atoms with Gasteiger partial charge < -0.3 is 4.57 Å². The molecule has 6 heteroatoms. The Morgan fingerprint density at radius 2 is 2.13 bits per heavy atom. The molecule has 0 atom stereocenters. The normalized spacial score (nSPS) is 12.1. The predicted octanol–water partition coefficient (Wildman–Crippen LogP) is -0.546. The average molecular weight is 209 g/mol. The van der Waals surface area contributed by atoms with Gasteiger partial charge in [0.1, 0.15) is 1.37 Å².